The Balaban J connectivity index is 3.02. The summed E-state index contributed by atoms with van der Waals surface area (Å²) in [6.45, 7) is 4.19. The van der Waals surface area contributed by atoms with E-state index in [1.165, 1.54) is 0 Å². The number of nitrogens with zero attached hydrogens (tertiary/aromatic N) is 1. The zero-order valence-electron chi connectivity index (χ0n) is 7.56. The first kappa shape index (κ1) is 9.33. The van der Waals surface area contributed by atoms with Crippen molar-refractivity contribution in [2.75, 3.05) is 12.4 Å². The average Bonchev–Trinajstić information content (AvgIpc) is 2.04. The molecule has 0 saturated heterocycles. The van der Waals surface area contributed by atoms with Gasteiger partial charge in [-0.3, -0.25) is 0 Å². The Bertz CT molecular complexity index is 271. The highest BCUT2D eigenvalue weighted by Gasteiger charge is 2.04. The number of pyridine rings is 1. The largest absolute Gasteiger partial charge is 0.386 e. The predicted molar refractivity (Wildman–Crippen MR) is 52.9 cm³/mol. The fraction of sp³-hybridized carbons (Fsp3) is 0.444. The van der Waals surface area contributed by atoms with Crippen LogP contribution in [0.4, 0.5) is 5.69 Å². The number of nitrogens with one attached hydrogen (secondary N) is 1. The van der Waals surface area contributed by atoms with Crippen LogP contribution in [0, 0.1) is 0 Å². The molecule has 0 aromatic carbocycles. The SMILES string of the molecule is CNc1ccc(C(C)C)nc1Cl. The van der Waals surface area contributed by atoms with Gasteiger partial charge in [-0.15, -0.1) is 0 Å². The molecular weight excluding hydrogens is 172 g/mol. The van der Waals surface area contributed by atoms with E-state index in [1.54, 1.807) is 0 Å². The molecule has 0 aliphatic carbocycles. The molecule has 1 heterocycles. The maximum atomic E-state index is 5.90. The first-order chi connectivity index (χ1) is 5.65. The third-order valence-electron chi connectivity index (χ3n) is 1.73. The Morgan fingerprint density at radius 3 is 2.50 bits per heavy atom. The molecule has 0 amide bonds. The van der Waals surface area contributed by atoms with Crippen LogP contribution in [0.5, 0.6) is 0 Å². The highest BCUT2D eigenvalue weighted by atomic mass is 35.5. The third-order valence-corrected chi connectivity index (χ3v) is 2.02. The van der Waals surface area contributed by atoms with Crippen molar-refractivity contribution in [1.29, 1.82) is 0 Å². The summed E-state index contributed by atoms with van der Waals surface area (Å²) in [7, 11) is 1.83. The second kappa shape index (κ2) is 3.76. The quantitative estimate of drug-likeness (QED) is 0.715. The van der Waals surface area contributed by atoms with Gasteiger partial charge in [0, 0.05) is 12.7 Å². The van der Waals surface area contributed by atoms with E-state index < -0.39 is 0 Å². The minimum absolute atomic E-state index is 0.424. The van der Waals surface area contributed by atoms with E-state index in [2.05, 4.69) is 24.1 Å². The highest BCUT2D eigenvalue weighted by molar-refractivity contribution is 6.31. The van der Waals surface area contributed by atoms with Crippen LogP contribution in [-0.4, -0.2) is 12.0 Å². The van der Waals surface area contributed by atoms with Gasteiger partial charge in [0.2, 0.25) is 0 Å². The molecule has 0 aliphatic rings. The van der Waals surface area contributed by atoms with E-state index in [0.717, 1.165) is 11.4 Å². The summed E-state index contributed by atoms with van der Waals surface area (Å²) in [5, 5.41) is 3.51. The van der Waals surface area contributed by atoms with Crippen LogP contribution in [0.3, 0.4) is 0 Å². The second-order valence-corrected chi connectivity index (χ2v) is 3.34. The van der Waals surface area contributed by atoms with Crippen molar-refractivity contribution in [3.8, 4) is 0 Å². The van der Waals surface area contributed by atoms with Crippen LogP contribution in [0.1, 0.15) is 25.5 Å². The Kier molecular flexibility index (Phi) is 2.93. The molecule has 0 aliphatic heterocycles. The number of aromatic nitrogens is 1. The van der Waals surface area contributed by atoms with Crippen molar-refractivity contribution in [2.45, 2.75) is 19.8 Å². The number of anilines is 1. The lowest BCUT2D eigenvalue weighted by Crippen LogP contribution is -1.96. The van der Waals surface area contributed by atoms with Crippen molar-refractivity contribution < 1.29 is 0 Å². The van der Waals surface area contributed by atoms with Crippen molar-refractivity contribution >= 4 is 17.3 Å². The van der Waals surface area contributed by atoms with Crippen LogP contribution >= 0.6 is 11.6 Å². The van der Waals surface area contributed by atoms with E-state index in [1.807, 2.05) is 19.2 Å². The zero-order chi connectivity index (χ0) is 9.14. The van der Waals surface area contributed by atoms with Gasteiger partial charge in [0.25, 0.3) is 0 Å². The Hall–Kier alpha value is -0.760. The summed E-state index contributed by atoms with van der Waals surface area (Å²) in [5.74, 6) is 0.424. The van der Waals surface area contributed by atoms with Crippen molar-refractivity contribution in [2.24, 2.45) is 0 Å². The van der Waals surface area contributed by atoms with E-state index in [0.29, 0.717) is 11.1 Å². The Labute approximate surface area is 78.0 Å². The molecule has 0 unspecified atom stereocenters. The molecule has 0 radical (unpaired) electrons. The normalized spacial score (nSPS) is 10.4. The molecular formula is C9H13ClN2. The van der Waals surface area contributed by atoms with Gasteiger partial charge in [0.15, 0.2) is 5.15 Å². The molecule has 0 saturated carbocycles. The summed E-state index contributed by atoms with van der Waals surface area (Å²) in [4.78, 5) is 4.25. The lowest BCUT2D eigenvalue weighted by atomic mass is 10.1. The summed E-state index contributed by atoms with van der Waals surface area (Å²) >= 11 is 5.90. The number of hydrogen-bond donors (Lipinski definition) is 1. The van der Waals surface area contributed by atoms with Gasteiger partial charge in [-0.25, -0.2) is 4.98 Å². The van der Waals surface area contributed by atoms with Crippen molar-refractivity contribution in [3.63, 3.8) is 0 Å². The van der Waals surface area contributed by atoms with E-state index >= 15 is 0 Å². The number of halogens is 1. The van der Waals surface area contributed by atoms with Crippen LogP contribution in [0.25, 0.3) is 0 Å². The molecule has 1 N–H and O–H groups in total. The van der Waals surface area contributed by atoms with Crippen molar-refractivity contribution in [3.05, 3.63) is 23.0 Å². The monoisotopic (exact) mass is 184 g/mol. The molecule has 0 bridgehead atoms. The minimum Gasteiger partial charge on any atom is -0.386 e. The molecule has 0 atom stereocenters. The van der Waals surface area contributed by atoms with Gasteiger partial charge in [0.1, 0.15) is 0 Å². The fourth-order valence-electron chi connectivity index (χ4n) is 0.956. The molecule has 3 heteroatoms. The molecule has 12 heavy (non-hydrogen) atoms. The maximum absolute atomic E-state index is 5.90. The number of rotatable bonds is 2. The Morgan fingerprint density at radius 2 is 2.08 bits per heavy atom. The van der Waals surface area contributed by atoms with Gasteiger partial charge < -0.3 is 5.32 Å². The van der Waals surface area contributed by atoms with Crippen LogP contribution in [0.2, 0.25) is 5.15 Å². The van der Waals surface area contributed by atoms with E-state index in [9.17, 15) is 0 Å². The van der Waals surface area contributed by atoms with Gasteiger partial charge >= 0.3 is 0 Å². The van der Waals surface area contributed by atoms with Gasteiger partial charge in [0.05, 0.1) is 5.69 Å². The molecule has 1 aromatic heterocycles. The lowest BCUT2D eigenvalue weighted by Gasteiger charge is -2.07. The Morgan fingerprint density at radius 1 is 1.42 bits per heavy atom. The molecule has 0 spiro atoms. The van der Waals surface area contributed by atoms with Crippen LogP contribution in [0.15, 0.2) is 12.1 Å². The van der Waals surface area contributed by atoms with Gasteiger partial charge in [-0.1, -0.05) is 25.4 Å². The molecule has 1 aromatic rings. The summed E-state index contributed by atoms with van der Waals surface area (Å²) < 4.78 is 0. The molecule has 66 valence electrons. The van der Waals surface area contributed by atoms with Crippen LogP contribution < -0.4 is 5.32 Å². The van der Waals surface area contributed by atoms with E-state index in [-0.39, 0.29) is 0 Å². The molecule has 1 rings (SSSR count). The fourth-order valence-corrected chi connectivity index (χ4v) is 1.21. The predicted octanol–water partition coefficient (Wildman–Crippen LogP) is 2.90. The first-order valence-corrected chi connectivity index (χ1v) is 4.37. The first-order valence-electron chi connectivity index (χ1n) is 3.99. The minimum atomic E-state index is 0.424. The highest BCUT2D eigenvalue weighted by Crippen LogP contribution is 2.21. The second-order valence-electron chi connectivity index (χ2n) is 2.98. The lowest BCUT2D eigenvalue weighted by molar-refractivity contribution is 0.823. The topological polar surface area (TPSA) is 24.9 Å². The molecule has 0 fully saturated rings. The summed E-state index contributed by atoms with van der Waals surface area (Å²) in [6.07, 6.45) is 0. The summed E-state index contributed by atoms with van der Waals surface area (Å²) in [6, 6.07) is 3.94. The molecule has 2 nitrogen and oxygen atoms in total. The van der Waals surface area contributed by atoms with Gasteiger partial charge in [-0.05, 0) is 18.1 Å². The number of hydrogen-bond acceptors (Lipinski definition) is 2. The van der Waals surface area contributed by atoms with E-state index in [4.69, 9.17) is 11.6 Å². The maximum Gasteiger partial charge on any atom is 0.152 e. The standard InChI is InChI=1S/C9H13ClN2/c1-6(2)7-4-5-8(11-3)9(10)12-7/h4-6,11H,1-3H3. The third kappa shape index (κ3) is 1.89. The zero-order valence-corrected chi connectivity index (χ0v) is 8.31. The van der Waals surface area contributed by atoms with Crippen molar-refractivity contribution in [1.82, 2.24) is 4.98 Å². The van der Waals surface area contributed by atoms with Crippen LogP contribution in [-0.2, 0) is 0 Å². The van der Waals surface area contributed by atoms with Gasteiger partial charge in [-0.2, -0.15) is 0 Å². The summed E-state index contributed by atoms with van der Waals surface area (Å²) in [5.41, 5.74) is 1.90. The smallest absolute Gasteiger partial charge is 0.152 e. The average molecular weight is 185 g/mol.